The zero-order chi connectivity index (χ0) is 11.4. The molecule has 1 aliphatic rings. The summed E-state index contributed by atoms with van der Waals surface area (Å²) >= 11 is 3.36. The van der Waals surface area contributed by atoms with E-state index in [1.807, 2.05) is 0 Å². The Morgan fingerprint density at radius 2 is 2.44 bits per heavy atom. The third kappa shape index (κ3) is 2.82. The van der Waals surface area contributed by atoms with Crippen molar-refractivity contribution < 1.29 is 14.6 Å². The molecule has 1 saturated heterocycles. The first-order chi connectivity index (χ1) is 7.81. The molecule has 1 atom stereocenters. The van der Waals surface area contributed by atoms with Crippen LogP contribution in [0.3, 0.4) is 0 Å². The third-order valence-corrected chi connectivity index (χ3v) is 3.48. The summed E-state index contributed by atoms with van der Waals surface area (Å²) in [5.74, 6) is 0. The summed E-state index contributed by atoms with van der Waals surface area (Å²) in [7, 11) is 0. The number of nitrogens with zero attached hydrogens (tertiary/aromatic N) is 1. The van der Waals surface area contributed by atoms with Crippen LogP contribution in [0.4, 0.5) is 0 Å². The van der Waals surface area contributed by atoms with Gasteiger partial charge in [-0.05, 0) is 35.2 Å². The second kappa shape index (κ2) is 5.77. The highest BCUT2D eigenvalue weighted by Crippen LogP contribution is 2.21. The molecular weight excluding hydrogens is 276 g/mol. The Morgan fingerprint density at radius 1 is 1.56 bits per heavy atom. The van der Waals surface area contributed by atoms with Gasteiger partial charge in [-0.15, -0.1) is 0 Å². The standard InChI is InChI=1S/C10H15BrN2O3/c11-10-7(5-14)12-13-8(10)6-16-9-3-1-2-4-15-9/h9,14H,1-6H2,(H,12,13). The van der Waals surface area contributed by atoms with Gasteiger partial charge in [-0.3, -0.25) is 5.10 Å². The average molecular weight is 291 g/mol. The quantitative estimate of drug-likeness (QED) is 0.886. The minimum atomic E-state index is -0.116. The highest BCUT2D eigenvalue weighted by Gasteiger charge is 2.16. The van der Waals surface area contributed by atoms with E-state index < -0.39 is 0 Å². The van der Waals surface area contributed by atoms with E-state index in [-0.39, 0.29) is 12.9 Å². The van der Waals surface area contributed by atoms with E-state index in [1.165, 1.54) is 0 Å². The van der Waals surface area contributed by atoms with Gasteiger partial charge in [-0.1, -0.05) is 0 Å². The monoisotopic (exact) mass is 290 g/mol. The molecule has 90 valence electrons. The van der Waals surface area contributed by atoms with Gasteiger partial charge in [0.25, 0.3) is 0 Å². The molecule has 0 aromatic carbocycles. The predicted molar refractivity (Wildman–Crippen MR) is 60.6 cm³/mol. The summed E-state index contributed by atoms with van der Waals surface area (Å²) in [5.41, 5.74) is 1.43. The van der Waals surface area contributed by atoms with Crippen LogP contribution >= 0.6 is 15.9 Å². The number of ether oxygens (including phenoxy) is 2. The Bertz CT molecular complexity index is 337. The van der Waals surface area contributed by atoms with Crippen LogP contribution < -0.4 is 0 Å². The van der Waals surface area contributed by atoms with Gasteiger partial charge < -0.3 is 14.6 Å². The van der Waals surface area contributed by atoms with E-state index >= 15 is 0 Å². The maximum atomic E-state index is 8.98. The molecular formula is C10H15BrN2O3. The van der Waals surface area contributed by atoms with Gasteiger partial charge in [0.05, 0.1) is 23.4 Å². The van der Waals surface area contributed by atoms with Crippen molar-refractivity contribution in [3.05, 3.63) is 15.9 Å². The predicted octanol–water partition coefficient (Wildman–Crippen LogP) is 1.71. The van der Waals surface area contributed by atoms with Crippen molar-refractivity contribution >= 4 is 15.9 Å². The summed E-state index contributed by atoms with van der Waals surface area (Å²) in [6.45, 7) is 1.10. The van der Waals surface area contributed by atoms with Gasteiger partial charge in [0.1, 0.15) is 5.69 Å². The molecule has 0 bridgehead atoms. The largest absolute Gasteiger partial charge is 0.390 e. The number of rotatable bonds is 4. The molecule has 0 saturated carbocycles. The normalized spacial score (nSPS) is 21.2. The first-order valence-corrected chi connectivity index (χ1v) is 6.16. The number of hydrogen-bond acceptors (Lipinski definition) is 4. The molecule has 6 heteroatoms. The van der Waals surface area contributed by atoms with E-state index in [0.29, 0.717) is 12.3 Å². The first kappa shape index (κ1) is 12.0. The van der Waals surface area contributed by atoms with E-state index in [2.05, 4.69) is 26.1 Å². The Hall–Kier alpha value is -0.430. The molecule has 5 nitrogen and oxygen atoms in total. The number of aliphatic hydroxyl groups excluding tert-OH is 1. The van der Waals surface area contributed by atoms with E-state index in [1.54, 1.807) is 0 Å². The molecule has 2 N–H and O–H groups in total. The number of aromatic nitrogens is 2. The highest BCUT2D eigenvalue weighted by atomic mass is 79.9. The summed E-state index contributed by atoms with van der Waals surface area (Å²) in [5, 5.41) is 15.8. The maximum Gasteiger partial charge on any atom is 0.158 e. The lowest BCUT2D eigenvalue weighted by Crippen LogP contribution is -2.22. The number of nitrogens with one attached hydrogen (secondary N) is 1. The minimum Gasteiger partial charge on any atom is -0.390 e. The van der Waals surface area contributed by atoms with E-state index in [4.69, 9.17) is 14.6 Å². The van der Waals surface area contributed by atoms with E-state index in [9.17, 15) is 0 Å². The number of aliphatic hydroxyl groups is 1. The molecule has 1 aromatic rings. The number of hydrogen-bond donors (Lipinski definition) is 2. The summed E-state index contributed by atoms with van der Waals surface area (Å²) < 4.78 is 11.8. The molecule has 0 aliphatic carbocycles. The fraction of sp³-hybridized carbons (Fsp3) is 0.700. The molecule has 1 fully saturated rings. The van der Waals surface area contributed by atoms with Gasteiger partial charge in [-0.25, -0.2) is 0 Å². The Balaban J connectivity index is 1.86. The lowest BCUT2D eigenvalue weighted by Gasteiger charge is -2.22. The Morgan fingerprint density at radius 3 is 3.06 bits per heavy atom. The zero-order valence-electron chi connectivity index (χ0n) is 8.91. The molecule has 1 aromatic heterocycles. The topological polar surface area (TPSA) is 67.4 Å². The van der Waals surface area contributed by atoms with Crippen molar-refractivity contribution in [2.75, 3.05) is 6.61 Å². The van der Waals surface area contributed by atoms with Crippen molar-refractivity contribution in [2.24, 2.45) is 0 Å². The summed E-state index contributed by atoms with van der Waals surface area (Å²) in [6.07, 6.45) is 3.08. The van der Waals surface area contributed by atoms with Crippen LogP contribution in [0.5, 0.6) is 0 Å². The molecule has 1 unspecified atom stereocenters. The number of aromatic amines is 1. The fourth-order valence-corrected chi connectivity index (χ4v) is 2.04. The first-order valence-electron chi connectivity index (χ1n) is 5.37. The van der Waals surface area contributed by atoms with Crippen molar-refractivity contribution in [1.82, 2.24) is 10.2 Å². The van der Waals surface area contributed by atoms with Crippen LogP contribution in [0.25, 0.3) is 0 Å². The van der Waals surface area contributed by atoms with Gasteiger partial charge in [0, 0.05) is 6.61 Å². The van der Waals surface area contributed by atoms with Crippen molar-refractivity contribution in [2.45, 2.75) is 38.8 Å². The summed E-state index contributed by atoms with van der Waals surface area (Å²) in [6, 6.07) is 0. The van der Waals surface area contributed by atoms with Crippen molar-refractivity contribution in [3.63, 3.8) is 0 Å². The van der Waals surface area contributed by atoms with Gasteiger partial charge in [0.2, 0.25) is 0 Å². The van der Waals surface area contributed by atoms with Crippen LogP contribution in [0.2, 0.25) is 0 Å². The Labute approximate surface area is 102 Å². The fourth-order valence-electron chi connectivity index (χ4n) is 1.62. The van der Waals surface area contributed by atoms with Gasteiger partial charge in [-0.2, -0.15) is 5.10 Å². The minimum absolute atomic E-state index is 0.0620. The second-order valence-corrected chi connectivity index (χ2v) is 4.52. The van der Waals surface area contributed by atoms with Crippen molar-refractivity contribution in [3.8, 4) is 0 Å². The molecule has 2 rings (SSSR count). The second-order valence-electron chi connectivity index (χ2n) is 3.73. The van der Waals surface area contributed by atoms with Crippen molar-refractivity contribution in [1.29, 1.82) is 0 Å². The van der Waals surface area contributed by atoms with Crippen LogP contribution in [-0.2, 0) is 22.7 Å². The lowest BCUT2D eigenvalue weighted by molar-refractivity contribution is -0.169. The van der Waals surface area contributed by atoms with Gasteiger partial charge in [0.15, 0.2) is 6.29 Å². The Kier molecular flexibility index (Phi) is 4.34. The molecule has 0 radical (unpaired) electrons. The molecule has 16 heavy (non-hydrogen) atoms. The summed E-state index contributed by atoms with van der Waals surface area (Å²) in [4.78, 5) is 0. The average Bonchev–Trinajstić information content (AvgIpc) is 2.69. The van der Waals surface area contributed by atoms with Crippen LogP contribution in [-0.4, -0.2) is 28.2 Å². The van der Waals surface area contributed by atoms with Crippen LogP contribution in [0, 0.1) is 0 Å². The van der Waals surface area contributed by atoms with E-state index in [0.717, 1.165) is 36.0 Å². The molecule has 2 heterocycles. The molecule has 0 spiro atoms. The lowest BCUT2D eigenvalue weighted by atomic mass is 10.2. The molecule has 0 amide bonds. The third-order valence-electron chi connectivity index (χ3n) is 2.55. The SMILES string of the molecule is OCc1[nH]nc(COC2CCCCO2)c1Br. The molecule has 1 aliphatic heterocycles. The smallest absolute Gasteiger partial charge is 0.158 e. The zero-order valence-corrected chi connectivity index (χ0v) is 10.5. The highest BCUT2D eigenvalue weighted by molar-refractivity contribution is 9.10. The van der Waals surface area contributed by atoms with Crippen LogP contribution in [0.1, 0.15) is 30.7 Å². The number of halogens is 1. The van der Waals surface area contributed by atoms with Crippen LogP contribution in [0.15, 0.2) is 4.47 Å². The number of H-pyrrole nitrogens is 1. The van der Waals surface area contributed by atoms with Gasteiger partial charge >= 0.3 is 0 Å². The maximum absolute atomic E-state index is 8.98.